The lowest BCUT2D eigenvalue weighted by Crippen LogP contribution is -2.65. The van der Waals surface area contributed by atoms with E-state index in [1.54, 1.807) is 11.8 Å². The first-order valence-corrected chi connectivity index (χ1v) is 11.4. The van der Waals surface area contributed by atoms with Gasteiger partial charge in [-0.25, -0.2) is 0 Å². The average molecular weight is 503 g/mol. The van der Waals surface area contributed by atoms with Gasteiger partial charge >= 0.3 is 6.18 Å². The van der Waals surface area contributed by atoms with Crippen molar-refractivity contribution in [2.75, 3.05) is 13.1 Å². The Morgan fingerprint density at radius 1 is 1.06 bits per heavy atom. The molecule has 0 saturated heterocycles. The van der Waals surface area contributed by atoms with Gasteiger partial charge in [0.2, 0.25) is 11.8 Å². The molecule has 1 heterocycles. The topological polar surface area (TPSA) is 105 Å². The molecule has 0 saturated carbocycles. The highest BCUT2D eigenvalue weighted by atomic mass is 19.4. The largest absolute Gasteiger partial charge is 0.416 e. The molecule has 1 atom stereocenters. The Bertz CT molecular complexity index is 1200. The number of hydrogen-bond donors (Lipinski definition) is 3. The van der Waals surface area contributed by atoms with Gasteiger partial charge in [0.25, 0.3) is 5.91 Å². The summed E-state index contributed by atoms with van der Waals surface area (Å²) in [4.78, 5) is 39.7. The van der Waals surface area contributed by atoms with E-state index in [1.807, 2.05) is 44.2 Å². The number of nitrogens with one attached hydrogen (secondary N) is 2. The summed E-state index contributed by atoms with van der Waals surface area (Å²) in [5.74, 6) is -2.80. The SMILES string of the molecule is Cc1ccc(CN[C@](C)(C(=O)NC(=O)Cc2c(C(N)=O)cccc2C(F)(F)F)N2CC=CC2)c(C)c1. The molecule has 192 valence electrons. The van der Waals surface area contributed by atoms with Crippen LogP contribution in [0.3, 0.4) is 0 Å². The third kappa shape index (κ3) is 6.00. The number of carbonyl (C=O) groups is 3. The Hall–Kier alpha value is -3.50. The molecule has 7 nitrogen and oxygen atoms in total. The maximum Gasteiger partial charge on any atom is 0.416 e. The van der Waals surface area contributed by atoms with E-state index in [0.29, 0.717) is 19.6 Å². The second-order valence-electron chi connectivity index (χ2n) is 8.98. The van der Waals surface area contributed by atoms with Gasteiger partial charge in [0.05, 0.1) is 12.0 Å². The molecule has 3 rings (SSSR count). The molecule has 0 aromatic heterocycles. The summed E-state index contributed by atoms with van der Waals surface area (Å²) in [5.41, 5.74) is 4.84. The number of nitrogens with zero attached hydrogens (tertiary/aromatic N) is 1. The fraction of sp³-hybridized carbons (Fsp3) is 0.346. The van der Waals surface area contributed by atoms with Gasteiger partial charge in [-0.2, -0.15) is 13.2 Å². The molecule has 0 bridgehead atoms. The van der Waals surface area contributed by atoms with Crippen LogP contribution in [0.1, 0.15) is 45.1 Å². The van der Waals surface area contributed by atoms with Gasteiger partial charge in [-0.1, -0.05) is 42.0 Å². The zero-order valence-electron chi connectivity index (χ0n) is 20.3. The van der Waals surface area contributed by atoms with Crippen molar-refractivity contribution in [3.63, 3.8) is 0 Å². The zero-order valence-corrected chi connectivity index (χ0v) is 20.3. The zero-order chi connectivity index (χ0) is 26.7. The summed E-state index contributed by atoms with van der Waals surface area (Å²) in [7, 11) is 0. The number of rotatable bonds is 8. The van der Waals surface area contributed by atoms with E-state index in [4.69, 9.17) is 5.73 Å². The first kappa shape index (κ1) is 27.1. The smallest absolute Gasteiger partial charge is 0.366 e. The fourth-order valence-corrected chi connectivity index (χ4v) is 4.22. The van der Waals surface area contributed by atoms with E-state index in [1.165, 1.54) is 0 Å². The minimum Gasteiger partial charge on any atom is -0.366 e. The van der Waals surface area contributed by atoms with Crippen molar-refractivity contribution in [1.82, 2.24) is 15.5 Å². The van der Waals surface area contributed by atoms with E-state index in [2.05, 4.69) is 10.6 Å². The van der Waals surface area contributed by atoms with Crippen LogP contribution in [-0.4, -0.2) is 41.4 Å². The number of amides is 3. The van der Waals surface area contributed by atoms with E-state index < -0.39 is 52.7 Å². The maximum absolute atomic E-state index is 13.5. The fourth-order valence-electron chi connectivity index (χ4n) is 4.22. The highest BCUT2D eigenvalue weighted by molar-refractivity contribution is 6.02. The van der Waals surface area contributed by atoms with Crippen molar-refractivity contribution in [3.05, 3.63) is 81.9 Å². The van der Waals surface area contributed by atoms with Crippen LogP contribution in [-0.2, 0) is 28.7 Å². The van der Waals surface area contributed by atoms with Gasteiger partial charge in [-0.15, -0.1) is 0 Å². The summed E-state index contributed by atoms with van der Waals surface area (Å²) in [5, 5.41) is 5.44. The second kappa shape index (κ2) is 10.6. The van der Waals surface area contributed by atoms with Crippen molar-refractivity contribution < 1.29 is 27.6 Å². The third-order valence-corrected chi connectivity index (χ3v) is 6.35. The van der Waals surface area contributed by atoms with Crippen LogP contribution >= 0.6 is 0 Å². The predicted molar refractivity (Wildman–Crippen MR) is 129 cm³/mol. The van der Waals surface area contributed by atoms with Crippen LogP contribution in [0, 0.1) is 13.8 Å². The molecular weight excluding hydrogens is 473 g/mol. The predicted octanol–water partition coefficient (Wildman–Crippen LogP) is 2.98. The second-order valence-corrected chi connectivity index (χ2v) is 8.98. The van der Waals surface area contributed by atoms with Gasteiger partial charge < -0.3 is 5.73 Å². The first-order chi connectivity index (χ1) is 16.8. The van der Waals surface area contributed by atoms with Crippen LogP contribution in [0.4, 0.5) is 13.2 Å². The van der Waals surface area contributed by atoms with E-state index >= 15 is 0 Å². The molecule has 2 aromatic carbocycles. The monoisotopic (exact) mass is 502 g/mol. The number of aryl methyl sites for hydroxylation is 2. The highest BCUT2D eigenvalue weighted by Gasteiger charge is 2.41. The number of alkyl halides is 3. The van der Waals surface area contributed by atoms with Gasteiger partial charge in [-0.3, -0.25) is 29.9 Å². The van der Waals surface area contributed by atoms with Crippen molar-refractivity contribution in [3.8, 4) is 0 Å². The van der Waals surface area contributed by atoms with Crippen molar-refractivity contribution >= 4 is 17.7 Å². The minimum absolute atomic E-state index is 0.323. The molecular formula is C26H29F3N4O3. The summed E-state index contributed by atoms with van der Waals surface area (Å²) in [6.45, 7) is 6.76. The Morgan fingerprint density at radius 3 is 2.31 bits per heavy atom. The van der Waals surface area contributed by atoms with Crippen LogP contribution < -0.4 is 16.4 Å². The average Bonchev–Trinajstić information content (AvgIpc) is 3.33. The number of imide groups is 1. The molecule has 3 amide bonds. The number of halogens is 3. The van der Waals surface area contributed by atoms with Gasteiger partial charge in [0, 0.05) is 25.2 Å². The summed E-state index contributed by atoms with van der Waals surface area (Å²) >= 11 is 0. The van der Waals surface area contributed by atoms with Gasteiger partial charge in [0.15, 0.2) is 5.66 Å². The third-order valence-electron chi connectivity index (χ3n) is 6.35. The number of benzene rings is 2. The lowest BCUT2D eigenvalue weighted by Gasteiger charge is -2.38. The van der Waals surface area contributed by atoms with E-state index in [9.17, 15) is 27.6 Å². The maximum atomic E-state index is 13.5. The molecule has 36 heavy (non-hydrogen) atoms. The van der Waals surface area contributed by atoms with Crippen LogP contribution in [0.25, 0.3) is 0 Å². The number of primary amides is 1. The molecule has 0 aliphatic carbocycles. The van der Waals surface area contributed by atoms with E-state index in [0.717, 1.165) is 34.9 Å². The van der Waals surface area contributed by atoms with Crippen molar-refractivity contribution in [2.45, 2.75) is 45.6 Å². The summed E-state index contributed by atoms with van der Waals surface area (Å²) < 4.78 is 40.6. The number of hydrogen-bond acceptors (Lipinski definition) is 5. The Labute approximate surface area is 207 Å². The molecule has 0 spiro atoms. The van der Waals surface area contributed by atoms with Gasteiger partial charge in [0.1, 0.15) is 0 Å². The number of carbonyl (C=O) groups excluding carboxylic acids is 3. The Kier molecular flexibility index (Phi) is 8.00. The Balaban J connectivity index is 1.83. The number of nitrogens with two attached hydrogens (primary N) is 1. The highest BCUT2D eigenvalue weighted by Crippen LogP contribution is 2.33. The van der Waals surface area contributed by atoms with Crippen LogP contribution in [0.15, 0.2) is 48.6 Å². The van der Waals surface area contributed by atoms with Crippen molar-refractivity contribution in [2.24, 2.45) is 5.73 Å². The van der Waals surface area contributed by atoms with Crippen LogP contribution in [0.5, 0.6) is 0 Å². The molecule has 2 aromatic rings. The lowest BCUT2D eigenvalue weighted by molar-refractivity contribution is -0.139. The minimum atomic E-state index is -4.81. The van der Waals surface area contributed by atoms with Gasteiger partial charge in [-0.05, 0) is 49.6 Å². The quantitative estimate of drug-likeness (QED) is 0.482. The molecule has 1 aliphatic rings. The van der Waals surface area contributed by atoms with Crippen LogP contribution in [0.2, 0.25) is 0 Å². The molecule has 4 N–H and O–H groups in total. The molecule has 0 radical (unpaired) electrons. The molecule has 10 heteroatoms. The van der Waals surface area contributed by atoms with Crippen molar-refractivity contribution in [1.29, 1.82) is 0 Å². The summed E-state index contributed by atoms with van der Waals surface area (Å²) in [6.07, 6.45) is -1.89. The summed E-state index contributed by atoms with van der Waals surface area (Å²) in [6, 6.07) is 8.85. The normalized spacial score (nSPS) is 15.5. The Morgan fingerprint density at radius 2 is 1.72 bits per heavy atom. The first-order valence-electron chi connectivity index (χ1n) is 11.4. The lowest BCUT2D eigenvalue weighted by atomic mass is 9.96. The standard InChI is InChI=1S/C26H29F3N4O3/c1-16-9-10-18(17(2)13-16)15-31-25(3,33-11-4-5-12-33)24(36)32-22(34)14-20-19(23(30)35)7-6-8-21(20)26(27,28)29/h4-10,13,31H,11-12,14-15H2,1-3H3,(H2,30,35)(H,32,34,36)/t25-/m0/s1. The molecule has 1 aliphatic heterocycles. The molecule has 0 fully saturated rings. The molecule has 0 unspecified atom stereocenters. The van der Waals surface area contributed by atoms with E-state index in [-0.39, 0.29) is 0 Å².